The van der Waals surface area contributed by atoms with Crippen molar-refractivity contribution in [2.24, 2.45) is 0 Å². The van der Waals surface area contributed by atoms with E-state index in [-0.39, 0.29) is 29.4 Å². The lowest BCUT2D eigenvalue weighted by Gasteiger charge is -2.37. The molecule has 0 radical (unpaired) electrons. The van der Waals surface area contributed by atoms with Crippen molar-refractivity contribution in [3.63, 3.8) is 0 Å². The molecule has 192 valence electrons. The molecule has 1 aromatic heterocycles. The maximum atomic E-state index is 13.7. The van der Waals surface area contributed by atoms with Gasteiger partial charge in [0.05, 0.1) is 17.5 Å². The maximum Gasteiger partial charge on any atom is 0.243 e. The summed E-state index contributed by atoms with van der Waals surface area (Å²) >= 11 is 1.69. The molecule has 1 aliphatic rings. The van der Waals surface area contributed by atoms with E-state index in [1.165, 1.54) is 9.18 Å². The molecule has 2 atom stereocenters. The van der Waals surface area contributed by atoms with Crippen LogP contribution in [0.3, 0.4) is 0 Å². The summed E-state index contributed by atoms with van der Waals surface area (Å²) in [5.41, 5.74) is 3.22. The minimum Gasteiger partial charge on any atom is -0.491 e. The minimum absolute atomic E-state index is 0.203. The third kappa shape index (κ3) is 5.66. The Morgan fingerprint density at radius 1 is 1.08 bits per heavy atom. The predicted octanol–water partition coefficient (Wildman–Crippen LogP) is 5.36. The number of amides is 1. The molecule has 0 bridgehead atoms. The highest BCUT2D eigenvalue weighted by atomic mass is 32.2. The third-order valence-electron chi connectivity index (χ3n) is 6.85. The average molecular weight is 527 g/mol. The Morgan fingerprint density at radius 3 is 2.36 bits per heavy atom. The zero-order valence-corrected chi connectivity index (χ0v) is 22.9. The number of hydrogen-bond acceptors (Lipinski definition) is 5. The smallest absolute Gasteiger partial charge is 0.243 e. The summed E-state index contributed by atoms with van der Waals surface area (Å²) in [4.78, 5) is 17.0. The van der Waals surface area contributed by atoms with Gasteiger partial charge in [-0.25, -0.2) is 8.42 Å². The molecule has 4 rings (SSSR count). The number of carbonyl (C=O) groups excluding carboxylic acids is 1. The number of hydrogen-bond donors (Lipinski definition) is 0. The molecular weight excluding hydrogens is 492 g/mol. The van der Waals surface area contributed by atoms with Gasteiger partial charge < -0.3 is 9.64 Å². The zero-order chi connectivity index (χ0) is 25.9. The van der Waals surface area contributed by atoms with Crippen molar-refractivity contribution in [1.82, 2.24) is 9.21 Å². The molecule has 0 aliphatic carbocycles. The van der Waals surface area contributed by atoms with Crippen molar-refractivity contribution in [3.8, 4) is 5.75 Å². The van der Waals surface area contributed by atoms with Crippen LogP contribution < -0.4 is 4.74 Å². The summed E-state index contributed by atoms with van der Waals surface area (Å²) in [6, 6.07) is 16.1. The normalized spacial score (nSPS) is 16.6. The van der Waals surface area contributed by atoms with E-state index >= 15 is 0 Å². The van der Waals surface area contributed by atoms with Crippen LogP contribution in [0.25, 0.3) is 0 Å². The van der Waals surface area contributed by atoms with E-state index in [2.05, 4.69) is 6.07 Å². The van der Waals surface area contributed by atoms with Gasteiger partial charge in [0, 0.05) is 17.5 Å². The Bertz CT molecular complexity index is 1280. The highest BCUT2D eigenvalue weighted by Gasteiger charge is 2.36. The fourth-order valence-corrected chi connectivity index (χ4v) is 7.02. The maximum absolute atomic E-state index is 13.7. The Balaban J connectivity index is 1.58. The van der Waals surface area contributed by atoms with E-state index in [9.17, 15) is 13.2 Å². The number of rotatable bonds is 9. The van der Waals surface area contributed by atoms with Gasteiger partial charge in [-0.2, -0.15) is 4.31 Å². The van der Waals surface area contributed by atoms with Crippen LogP contribution in [-0.4, -0.2) is 49.3 Å². The zero-order valence-electron chi connectivity index (χ0n) is 21.3. The first-order valence-electron chi connectivity index (χ1n) is 12.3. The van der Waals surface area contributed by atoms with Gasteiger partial charge in [-0.05, 0) is 74.9 Å². The van der Waals surface area contributed by atoms with Crippen molar-refractivity contribution >= 4 is 27.3 Å². The summed E-state index contributed by atoms with van der Waals surface area (Å²) in [7, 11) is -3.83. The van der Waals surface area contributed by atoms with Gasteiger partial charge in [-0.1, -0.05) is 42.3 Å². The second kappa shape index (κ2) is 11.2. The number of ether oxygens (including phenoxy) is 1. The first kappa shape index (κ1) is 26.4. The second-order valence-electron chi connectivity index (χ2n) is 9.40. The van der Waals surface area contributed by atoms with Crippen LogP contribution in [0.15, 0.2) is 64.9 Å². The van der Waals surface area contributed by atoms with Crippen molar-refractivity contribution < 1.29 is 17.9 Å². The summed E-state index contributed by atoms with van der Waals surface area (Å²) in [6.07, 6.45) is 1.36. The van der Waals surface area contributed by atoms with Crippen molar-refractivity contribution in [2.75, 3.05) is 19.7 Å². The van der Waals surface area contributed by atoms with Crippen LogP contribution in [0, 0.1) is 13.8 Å². The molecule has 1 aliphatic heterocycles. The van der Waals surface area contributed by atoms with E-state index in [1.54, 1.807) is 40.5 Å². The number of nitrogens with zero attached hydrogens (tertiary/aromatic N) is 2. The molecule has 8 heteroatoms. The van der Waals surface area contributed by atoms with Gasteiger partial charge in [0.2, 0.25) is 15.9 Å². The van der Waals surface area contributed by atoms with Gasteiger partial charge in [-0.15, -0.1) is 11.3 Å². The molecule has 36 heavy (non-hydrogen) atoms. The van der Waals surface area contributed by atoms with Crippen LogP contribution in [0.5, 0.6) is 5.75 Å². The Kier molecular flexibility index (Phi) is 8.17. The van der Waals surface area contributed by atoms with Crippen LogP contribution in [-0.2, 0) is 21.2 Å². The molecular formula is C28H34N2O4S2. The van der Waals surface area contributed by atoms with Crippen molar-refractivity contribution in [1.29, 1.82) is 0 Å². The molecule has 0 spiro atoms. The average Bonchev–Trinajstić information content (AvgIpc) is 3.35. The highest BCUT2D eigenvalue weighted by molar-refractivity contribution is 7.89. The predicted molar refractivity (Wildman–Crippen MR) is 144 cm³/mol. The molecule has 0 N–H and O–H groups in total. The first-order chi connectivity index (χ1) is 17.2. The standard InChI is InChI=1S/C28H34N2O4S2/c1-5-22(4)30(36(32,33)24-12-8-21(3)9-13-24)18-28(31)29-16-14-27-25(15-17-35-27)26(29)19-34-23-10-6-20(2)7-11-23/h6-13,15,17,22,26H,5,14,16,18-19H2,1-4H3/t22-,26-/m0/s1. The number of thiophene rings is 1. The molecule has 0 unspecified atom stereocenters. The minimum atomic E-state index is -3.83. The van der Waals surface area contributed by atoms with Gasteiger partial charge in [-0.3, -0.25) is 4.79 Å². The van der Waals surface area contributed by atoms with E-state index in [4.69, 9.17) is 4.74 Å². The molecule has 1 amide bonds. The van der Waals surface area contributed by atoms with E-state index in [1.807, 2.05) is 57.3 Å². The molecule has 3 aromatic rings. The summed E-state index contributed by atoms with van der Waals surface area (Å²) < 4.78 is 34.6. The molecule has 2 heterocycles. The lowest BCUT2D eigenvalue weighted by Crippen LogP contribution is -2.49. The Morgan fingerprint density at radius 2 is 1.72 bits per heavy atom. The van der Waals surface area contributed by atoms with Gasteiger partial charge in [0.1, 0.15) is 12.4 Å². The first-order valence-corrected chi connectivity index (χ1v) is 14.7. The van der Waals surface area contributed by atoms with Crippen LogP contribution in [0.2, 0.25) is 0 Å². The second-order valence-corrected chi connectivity index (χ2v) is 12.3. The van der Waals surface area contributed by atoms with Gasteiger partial charge in [0.15, 0.2) is 0 Å². The fraction of sp³-hybridized carbons (Fsp3) is 0.393. The van der Waals surface area contributed by atoms with Crippen LogP contribution in [0.4, 0.5) is 0 Å². The third-order valence-corrected chi connectivity index (χ3v) is 9.82. The monoisotopic (exact) mass is 526 g/mol. The van der Waals surface area contributed by atoms with E-state index < -0.39 is 10.0 Å². The van der Waals surface area contributed by atoms with Gasteiger partial charge in [0.25, 0.3) is 0 Å². The number of carbonyl (C=O) groups is 1. The van der Waals surface area contributed by atoms with Crippen molar-refractivity contribution in [2.45, 2.75) is 57.5 Å². The number of aryl methyl sites for hydroxylation is 2. The number of sulfonamides is 1. The molecule has 0 saturated carbocycles. The molecule has 0 fully saturated rings. The summed E-state index contributed by atoms with van der Waals surface area (Å²) in [5.74, 6) is 0.541. The lowest BCUT2D eigenvalue weighted by atomic mass is 10.0. The van der Waals surface area contributed by atoms with Gasteiger partial charge >= 0.3 is 0 Å². The Labute approximate surface area is 218 Å². The van der Waals surface area contributed by atoms with E-state index in [0.717, 1.165) is 28.9 Å². The van der Waals surface area contributed by atoms with Crippen molar-refractivity contribution in [3.05, 3.63) is 81.5 Å². The van der Waals surface area contributed by atoms with E-state index in [0.29, 0.717) is 19.6 Å². The largest absolute Gasteiger partial charge is 0.491 e. The fourth-order valence-electron chi connectivity index (χ4n) is 4.44. The lowest BCUT2D eigenvalue weighted by molar-refractivity contribution is -0.135. The van der Waals surface area contributed by atoms with Crippen LogP contribution >= 0.6 is 11.3 Å². The topological polar surface area (TPSA) is 66.9 Å². The quantitative estimate of drug-likeness (QED) is 0.377. The Hall–Kier alpha value is -2.68. The SMILES string of the molecule is CC[C@H](C)N(CC(=O)N1CCc2sccc2[C@@H]1COc1ccc(C)cc1)S(=O)(=O)c1ccc(C)cc1. The molecule has 2 aromatic carbocycles. The van der Waals surface area contributed by atoms with Crippen LogP contribution in [0.1, 0.15) is 47.9 Å². The number of fused-ring (bicyclic) bond motifs is 1. The summed E-state index contributed by atoms with van der Waals surface area (Å²) in [6.45, 7) is 8.37. The number of benzene rings is 2. The molecule has 6 nitrogen and oxygen atoms in total. The molecule has 0 saturated heterocycles. The highest BCUT2D eigenvalue weighted by Crippen LogP contribution is 2.34. The summed E-state index contributed by atoms with van der Waals surface area (Å²) in [5, 5.41) is 2.05.